The predicted octanol–water partition coefficient (Wildman–Crippen LogP) is 2.87. The fraction of sp³-hybridized carbons (Fsp3) is 0.444. The molecule has 1 amide bonds. The van der Waals surface area contributed by atoms with Crippen LogP contribution in [0.2, 0.25) is 0 Å². The normalized spacial score (nSPS) is 15.5. The fourth-order valence-corrected chi connectivity index (χ4v) is 3.69. The van der Waals surface area contributed by atoms with Gasteiger partial charge in [-0.25, -0.2) is 4.98 Å². The number of aromatic nitrogens is 1. The Morgan fingerprint density at radius 2 is 1.92 bits per heavy atom. The molecular weight excluding hydrogens is 322 g/mol. The van der Waals surface area contributed by atoms with Crippen molar-refractivity contribution in [2.75, 3.05) is 33.3 Å². The van der Waals surface area contributed by atoms with E-state index in [0.717, 1.165) is 54.7 Å². The molecular formula is C18H23N3O2S. The molecule has 0 atom stereocenters. The van der Waals surface area contributed by atoms with E-state index in [1.807, 2.05) is 36.1 Å². The summed E-state index contributed by atoms with van der Waals surface area (Å²) in [4.78, 5) is 20.8. The quantitative estimate of drug-likeness (QED) is 0.836. The number of carbonyl (C=O) groups is 1. The van der Waals surface area contributed by atoms with Crippen molar-refractivity contribution in [1.82, 2.24) is 14.8 Å². The van der Waals surface area contributed by atoms with Gasteiger partial charge in [0, 0.05) is 43.5 Å². The van der Waals surface area contributed by atoms with Crippen molar-refractivity contribution < 1.29 is 9.53 Å². The Hall–Kier alpha value is -1.92. The highest BCUT2D eigenvalue weighted by atomic mass is 32.1. The van der Waals surface area contributed by atoms with Crippen molar-refractivity contribution in [3.63, 3.8) is 0 Å². The largest absolute Gasteiger partial charge is 0.497 e. The maximum Gasteiger partial charge on any atom is 0.222 e. The molecule has 0 N–H and O–H groups in total. The molecule has 5 nitrogen and oxygen atoms in total. The molecule has 0 unspecified atom stereocenters. The van der Waals surface area contributed by atoms with Gasteiger partial charge in [0.15, 0.2) is 0 Å². The van der Waals surface area contributed by atoms with Gasteiger partial charge in [-0.3, -0.25) is 9.69 Å². The van der Waals surface area contributed by atoms with Gasteiger partial charge >= 0.3 is 0 Å². The number of ether oxygens (including phenoxy) is 1. The van der Waals surface area contributed by atoms with Crippen molar-refractivity contribution in [3.8, 4) is 17.0 Å². The lowest BCUT2D eigenvalue weighted by atomic mass is 10.2. The summed E-state index contributed by atoms with van der Waals surface area (Å²) in [5.74, 6) is 1.11. The van der Waals surface area contributed by atoms with E-state index in [4.69, 9.17) is 9.72 Å². The van der Waals surface area contributed by atoms with Crippen LogP contribution in [0.5, 0.6) is 5.75 Å². The lowest BCUT2D eigenvalue weighted by molar-refractivity contribution is -0.132. The third-order valence-corrected chi connectivity index (χ3v) is 5.16. The van der Waals surface area contributed by atoms with Gasteiger partial charge in [-0.15, -0.1) is 11.3 Å². The van der Waals surface area contributed by atoms with Gasteiger partial charge in [-0.05, 0) is 24.3 Å². The average Bonchev–Trinajstić information content (AvgIpc) is 3.10. The summed E-state index contributed by atoms with van der Waals surface area (Å²) in [6.07, 6.45) is 0.595. The van der Waals surface area contributed by atoms with Crippen molar-refractivity contribution in [2.45, 2.75) is 19.9 Å². The Morgan fingerprint density at radius 3 is 2.54 bits per heavy atom. The molecule has 0 aliphatic carbocycles. The number of thiazole rings is 1. The van der Waals surface area contributed by atoms with E-state index >= 15 is 0 Å². The molecule has 128 valence electrons. The fourth-order valence-electron chi connectivity index (χ4n) is 2.85. The molecule has 0 radical (unpaired) electrons. The van der Waals surface area contributed by atoms with Crippen LogP contribution >= 0.6 is 11.3 Å². The van der Waals surface area contributed by atoms with Gasteiger partial charge in [-0.2, -0.15) is 0 Å². The first-order chi connectivity index (χ1) is 11.7. The van der Waals surface area contributed by atoms with Crippen LogP contribution in [-0.2, 0) is 11.3 Å². The van der Waals surface area contributed by atoms with E-state index in [-0.39, 0.29) is 5.91 Å². The highest BCUT2D eigenvalue weighted by Gasteiger charge is 2.20. The summed E-state index contributed by atoms with van der Waals surface area (Å²) in [5, 5.41) is 3.23. The average molecular weight is 345 g/mol. The molecule has 2 aromatic rings. The number of hydrogen-bond acceptors (Lipinski definition) is 5. The smallest absolute Gasteiger partial charge is 0.222 e. The zero-order valence-corrected chi connectivity index (χ0v) is 15.0. The standard InChI is InChI=1S/C18H23N3O2S/c1-3-18(22)21-10-8-20(9-11-21)12-17-19-16(13-24-17)14-4-6-15(23-2)7-5-14/h4-7,13H,3,8-12H2,1-2H3. The molecule has 1 saturated heterocycles. The van der Waals surface area contributed by atoms with Crippen LogP contribution in [0.1, 0.15) is 18.4 Å². The summed E-state index contributed by atoms with van der Waals surface area (Å²) in [6, 6.07) is 7.98. The van der Waals surface area contributed by atoms with E-state index in [0.29, 0.717) is 6.42 Å². The van der Waals surface area contributed by atoms with Gasteiger partial charge < -0.3 is 9.64 Å². The Morgan fingerprint density at radius 1 is 1.21 bits per heavy atom. The molecule has 24 heavy (non-hydrogen) atoms. The predicted molar refractivity (Wildman–Crippen MR) is 96.3 cm³/mol. The van der Waals surface area contributed by atoms with E-state index in [2.05, 4.69) is 10.3 Å². The van der Waals surface area contributed by atoms with Crippen LogP contribution in [0.4, 0.5) is 0 Å². The van der Waals surface area contributed by atoms with E-state index < -0.39 is 0 Å². The summed E-state index contributed by atoms with van der Waals surface area (Å²) in [5.41, 5.74) is 2.12. The molecule has 0 spiro atoms. The molecule has 1 aliphatic rings. The first-order valence-electron chi connectivity index (χ1n) is 8.28. The third-order valence-electron chi connectivity index (χ3n) is 4.32. The molecule has 0 bridgehead atoms. The third kappa shape index (κ3) is 3.94. The zero-order valence-electron chi connectivity index (χ0n) is 14.2. The molecule has 1 aromatic carbocycles. The van der Waals surface area contributed by atoms with E-state index in [1.165, 1.54) is 0 Å². The number of amides is 1. The Kier molecular flexibility index (Phi) is 5.48. The van der Waals surface area contributed by atoms with Crippen LogP contribution < -0.4 is 4.74 Å². The number of carbonyl (C=O) groups excluding carboxylic acids is 1. The van der Waals surface area contributed by atoms with Crippen LogP contribution in [0, 0.1) is 0 Å². The maximum absolute atomic E-state index is 11.7. The minimum atomic E-state index is 0.255. The monoisotopic (exact) mass is 345 g/mol. The van der Waals surface area contributed by atoms with E-state index in [9.17, 15) is 4.79 Å². The number of nitrogens with zero attached hydrogens (tertiary/aromatic N) is 3. The second kappa shape index (κ2) is 7.77. The van der Waals surface area contributed by atoms with E-state index in [1.54, 1.807) is 18.4 Å². The zero-order chi connectivity index (χ0) is 16.9. The lowest BCUT2D eigenvalue weighted by Crippen LogP contribution is -2.48. The van der Waals surface area contributed by atoms with Gasteiger partial charge in [0.1, 0.15) is 10.8 Å². The second-order valence-corrected chi connectivity index (χ2v) is 6.81. The van der Waals surface area contributed by atoms with Crippen LogP contribution in [-0.4, -0.2) is 54.0 Å². The number of rotatable bonds is 5. The second-order valence-electron chi connectivity index (χ2n) is 5.87. The lowest BCUT2D eigenvalue weighted by Gasteiger charge is -2.34. The molecule has 3 rings (SSSR count). The minimum absolute atomic E-state index is 0.255. The Bertz CT molecular complexity index is 676. The Balaban J connectivity index is 1.57. The number of benzene rings is 1. The first-order valence-corrected chi connectivity index (χ1v) is 9.16. The van der Waals surface area contributed by atoms with Gasteiger partial charge in [0.05, 0.1) is 19.3 Å². The highest BCUT2D eigenvalue weighted by Crippen LogP contribution is 2.25. The molecule has 0 saturated carbocycles. The number of piperazine rings is 1. The summed E-state index contributed by atoms with van der Waals surface area (Å²) in [7, 11) is 1.67. The van der Waals surface area contributed by atoms with Gasteiger partial charge in [-0.1, -0.05) is 6.92 Å². The Labute approximate surface area is 146 Å². The topological polar surface area (TPSA) is 45.7 Å². The molecule has 1 fully saturated rings. The molecule has 2 heterocycles. The van der Waals surface area contributed by atoms with Crippen molar-refractivity contribution in [1.29, 1.82) is 0 Å². The molecule has 6 heteroatoms. The SMILES string of the molecule is CCC(=O)N1CCN(Cc2nc(-c3ccc(OC)cc3)cs2)CC1. The van der Waals surface area contributed by atoms with Gasteiger partial charge in [0.25, 0.3) is 0 Å². The van der Waals surface area contributed by atoms with Crippen LogP contribution in [0.3, 0.4) is 0 Å². The number of methoxy groups -OCH3 is 1. The highest BCUT2D eigenvalue weighted by molar-refractivity contribution is 7.09. The first kappa shape index (κ1) is 16.9. The van der Waals surface area contributed by atoms with Crippen molar-refractivity contribution in [3.05, 3.63) is 34.7 Å². The number of hydrogen-bond donors (Lipinski definition) is 0. The van der Waals surface area contributed by atoms with Crippen molar-refractivity contribution in [2.24, 2.45) is 0 Å². The molecule has 1 aliphatic heterocycles. The summed E-state index contributed by atoms with van der Waals surface area (Å²) >= 11 is 1.70. The van der Waals surface area contributed by atoms with Crippen LogP contribution in [0.15, 0.2) is 29.6 Å². The molecule has 1 aromatic heterocycles. The maximum atomic E-state index is 11.7. The van der Waals surface area contributed by atoms with Gasteiger partial charge in [0.2, 0.25) is 5.91 Å². The van der Waals surface area contributed by atoms with Crippen molar-refractivity contribution >= 4 is 17.2 Å². The van der Waals surface area contributed by atoms with Crippen LogP contribution in [0.25, 0.3) is 11.3 Å². The summed E-state index contributed by atoms with van der Waals surface area (Å²) < 4.78 is 5.19. The minimum Gasteiger partial charge on any atom is -0.497 e. The summed E-state index contributed by atoms with van der Waals surface area (Å²) in [6.45, 7) is 6.26.